The Morgan fingerprint density at radius 2 is 2.00 bits per heavy atom. The van der Waals surface area contributed by atoms with E-state index in [9.17, 15) is 18.5 Å². The van der Waals surface area contributed by atoms with Crippen LogP contribution in [0.3, 0.4) is 0 Å². The minimum atomic E-state index is -4.13. The summed E-state index contributed by atoms with van der Waals surface area (Å²) in [4.78, 5) is 13.7. The van der Waals surface area contributed by atoms with Crippen molar-refractivity contribution in [3.05, 3.63) is 52.2 Å². The summed E-state index contributed by atoms with van der Waals surface area (Å²) < 4.78 is 26.7. The van der Waals surface area contributed by atoms with Crippen LogP contribution < -0.4 is 10.5 Å². The standard InChI is InChI=1S/C12H12N4O4S/c1-8-3-2-4-12(14-8)15-21(19,20)11-6-5-9(13)7-10(11)16(17)18/h2-7H,13H2,1H3,(H,14,15). The van der Waals surface area contributed by atoms with Crippen molar-refractivity contribution in [2.75, 3.05) is 10.5 Å². The van der Waals surface area contributed by atoms with Crippen LogP contribution in [0.4, 0.5) is 17.2 Å². The van der Waals surface area contributed by atoms with Gasteiger partial charge < -0.3 is 5.73 Å². The number of hydrogen-bond acceptors (Lipinski definition) is 6. The first-order chi connectivity index (χ1) is 9.79. The molecule has 0 aliphatic carbocycles. The van der Waals surface area contributed by atoms with Gasteiger partial charge in [-0.25, -0.2) is 13.4 Å². The van der Waals surface area contributed by atoms with Crippen molar-refractivity contribution < 1.29 is 13.3 Å². The normalized spacial score (nSPS) is 11.1. The number of anilines is 2. The second-order valence-corrected chi connectivity index (χ2v) is 5.90. The number of aryl methyl sites for hydroxylation is 1. The van der Waals surface area contributed by atoms with Gasteiger partial charge in [-0.3, -0.25) is 14.8 Å². The summed E-state index contributed by atoms with van der Waals surface area (Å²) in [6.45, 7) is 1.70. The zero-order valence-corrected chi connectivity index (χ0v) is 11.8. The van der Waals surface area contributed by atoms with Gasteiger partial charge in [-0.2, -0.15) is 0 Å². The molecule has 110 valence electrons. The number of aromatic nitrogens is 1. The van der Waals surface area contributed by atoms with Crippen LogP contribution in [0.2, 0.25) is 0 Å². The van der Waals surface area contributed by atoms with Crippen molar-refractivity contribution in [1.29, 1.82) is 0 Å². The number of nitro benzene ring substituents is 1. The molecule has 0 atom stereocenters. The van der Waals surface area contributed by atoms with Gasteiger partial charge in [0.05, 0.1) is 4.92 Å². The average molecular weight is 308 g/mol. The summed E-state index contributed by atoms with van der Waals surface area (Å²) in [6, 6.07) is 8.14. The minimum absolute atomic E-state index is 0.0844. The van der Waals surface area contributed by atoms with Gasteiger partial charge in [-0.05, 0) is 31.2 Å². The molecule has 1 aromatic carbocycles. The van der Waals surface area contributed by atoms with Gasteiger partial charge in [-0.1, -0.05) is 6.07 Å². The molecular weight excluding hydrogens is 296 g/mol. The van der Waals surface area contributed by atoms with Crippen molar-refractivity contribution in [3.63, 3.8) is 0 Å². The minimum Gasteiger partial charge on any atom is -0.399 e. The Morgan fingerprint density at radius 3 is 2.62 bits per heavy atom. The number of pyridine rings is 1. The van der Waals surface area contributed by atoms with Gasteiger partial charge in [0.25, 0.3) is 15.7 Å². The van der Waals surface area contributed by atoms with Crippen LogP contribution in [0.25, 0.3) is 0 Å². The molecule has 0 radical (unpaired) electrons. The molecule has 1 heterocycles. The van der Waals surface area contributed by atoms with Gasteiger partial charge in [-0.15, -0.1) is 0 Å². The van der Waals surface area contributed by atoms with E-state index >= 15 is 0 Å². The molecule has 2 rings (SSSR count). The van der Waals surface area contributed by atoms with E-state index in [2.05, 4.69) is 9.71 Å². The second kappa shape index (κ2) is 5.37. The van der Waals surface area contributed by atoms with Gasteiger partial charge in [0.2, 0.25) is 0 Å². The number of nitrogen functional groups attached to an aromatic ring is 1. The van der Waals surface area contributed by atoms with Gasteiger partial charge in [0.1, 0.15) is 5.82 Å². The predicted octanol–water partition coefficient (Wildman–Crippen LogP) is 1.68. The lowest BCUT2D eigenvalue weighted by Crippen LogP contribution is -2.16. The highest BCUT2D eigenvalue weighted by atomic mass is 32.2. The van der Waals surface area contributed by atoms with E-state index < -0.39 is 25.5 Å². The summed E-state index contributed by atoms with van der Waals surface area (Å²) in [5, 5.41) is 11.0. The van der Waals surface area contributed by atoms with Gasteiger partial charge >= 0.3 is 0 Å². The summed E-state index contributed by atoms with van der Waals surface area (Å²) in [5.74, 6) is 0.0844. The molecule has 0 bridgehead atoms. The molecule has 9 heteroatoms. The molecule has 0 fully saturated rings. The Labute approximate surface area is 120 Å². The number of rotatable bonds is 4. The molecular formula is C12H12N4O4S. The van der Waals surface area contributed by atoms with Crippen LogP contribution in [0.1, 0.15) is 5.69 Å². The van der Waals surface area contributed by atoms with Crippen LogP contribution in [0.15, 0.2) is 41.3 Å². The summed E-state index contributed by atoms with van der Waals surface area (Å²) in [5.41, 5.74) is 5.58. The highest BCUT2D eigenvalue weighted by Crippen LogP contribution is 2.27. The lowest BCUT2D eigenvalue weighted by Gasteiger charge is -2.08. The molecule has 0 aliphatic heterocycles. The molecule has 1 aromatic heterocycles. The molecule has 0 saturated heterocycles. The third-order valence-corrected chi connectivity index (χ3v) is 4.00. The summed E-state index contributed by atoms with van der Waals surface area (Å²) in [7, 11) is -4.13. The van der Waals surface area contributed by atoms with Crippen molar-refractivity contribution in [2.24, 2.45) is 0 Å². The fourth-order valence-corrected chi connectivity index (χ4v) is 2.85. The van der Waals surface area contributed by atoms with Crippen molar-refractivity contribution in [2.45, 2.75) is 11.8 Å². The van der Waals surface area contributed by atoms with E-state index in [1.807, 2.05) is 0 Å². The smallest absolute Gasteiger partial charge is 0.291 e. The Kier molecular flexibility index (Phi) is 3.76. The second-order valence-electron chi connectivity index (χ2n) is 4.25. The van der Waals surface area contributed by atoms with Crippen molar-refractivity contribution in [1.82, 2.24) is 4.98 Å². The lowest BCUT2D eigenvalue weighted by molar-refractivity contribution is -0.387. The number of nitrogens with two attached hydrogens (primary N) is 1. The monoisotopic (exact) mass is 308 g/mol. The van der Waals surface area contributed by atoms with Crippen LogP contribution >= 0.6 is 0 Å². The van der Waals surface area contributed by atoms with Crippen LogP contribution in [-0.4, -0.2) is 18.3 Å². The third-order valence-electron chi connectivity index (χ3n) is 2.60. The quantitative estimate of drug-likeness (QED) is 0.502. The molecule has 3 N–H and O–H groups in total. The molecule has 0 unspecified atom stereocenters. The van der Waals surface area contributed by atoms with E-state index in [0.717, 1.165) is 12.1 Å². The molecule has 2 aromatic rings. The Hall–Kier alpha value is -2.68. The Balaban J connectivity index is 2.47. The predicted molar refractivity (Wildman–Crippen MR) is 77.3 cm³/mol. The zero-order chi connectivity index (χ0) is 15.6. The number of nitro groups is 1. The van der Waals surface area contributed by atoms with Gasteiger partial charge in [0, 0.05) is 17.4 Å². The fourth-order valence-electron chi connectivity index (χ4n) is 1.70. The van der Waals surface area contributed by atoms with Crippen LogP contribution in [-0.2, 0) is 10.0 Å². The Morgan fingerprint density at radius 1 is 1.29 bits per heavy atom. The first-order valence-electron chi connectivity index (χ1n) is 5.80. The fraction of sp³-hybridized carbons (Fsp3) is 0.0833. The highest BCUT2D eigenvalue weighted by molar-refractivity contribution is 7.92. The van der Waals surface area contributed by atoms with E-state index in [1.54, 1.807) is 19.1 Å². The summed E-state index contributed by atoms with van der Waals surface area (Å²) in [6.07, 6.45) is 0. The molecule has 8 nitrogen and oxygen atoms in total. The molecule has 0 spiro atoms. The first-order valence-corrected chi connectivity index (χ1v) is 7.28. The van der Waals surface area contributed by atoms with Gasteiger partial charge in [0.15, 0.2) is 4.90 Å². The number of nitrogens with zero attached hydrogens (tertiary/aromatic N) is 2. The first kappa shape index (κ1) is 14.7. The number of benzene rings is 1. The van der Waals surface area contributed by atoms with E-state index in [1.165, 1.54) is 12.1 Å². The number of nitrogens with one attached hydrogen (secondary N) is 1. The van der Waals surface area contributed by atoms with Crippen molar-refractivity contribution >= 4 is 27.2 Å². The molecule has 0 aliphatic rings. The largest absolute Gasteiger partial charge is 0.399 e. The number of sulfonamides is 1. The Bertz CT molecular complexity index is 805. The zero-order valence-electron chi connectivity index (χ0n) is 11.0. The van der Waals surface area contributed by atoms with E-state index in [4.69, 9.17) is 5.73 Å². The maximum atomic E-state index is 12.3. The van der Waals surface area contributed by atoms with E-state index in [-0.39, 0.29) is 11.5 Å². The molecule has 0 amide bonds. The lowest BCUT2D eigenvalue weighted by atomic mass is 10.3. The molecule has 21 heavy (non-hydrogen) atoms. The topological polar surface area (TPSA) is 128 Å². The average Bonchev–Trinajstić information content (AvgIpc) is 2.37. The number of hydrogen-bond donors (Lipinski definition) is 2. The maximum absolute atomic E-state index is 12.3. The summed E-state index contributed by atoms with van der Waals surface area (Å²) >= 11 is 0. The van der Waals surface area contributed by atoms with E-state index in [0.29, 0.717) is 5.69 Å². The van der Waals surface area contributed by atoms with Crippen LogP contribution in [0.5, 0.6) is 0 Å². The van der Waals surface area contributed by atoms with Crippen molar-refractivity contribution in [3.8, 4) is 0 Å². The molecule has 0 saturated carbocycles. The van der Waals surface area contributed by atoms with Crippen LogP contribution in [0, 0.1) is 17.0 Å². The maximum Gasteiger partial charge on any atom is 0.291 e. The SMILES string of the molecule is Cc1cccc(NS(=O)(=O)c2ccc(N)cc2[N+](=O)[O-])n1. The third kappa shape index (κ3) is 3.26. The highest BCUT2D eigenvalue weighted by Gasteiger charge is 2.26.